The van der Waals surface area contributed by atoms with Gasteiger partial charge in [0.25, 0.3) is 0 Å². The number of hydrogen-bond donors (Lipinski definition) is 0. The van der Waals surface area contributed by atoms with E-state index in [1.54, 1.807) is 0 Å². The fourth-order valence-corrected chi connectivity index (χ4v) is 6.41. The maximum absolute atomic E-state index is 6.23. The topological polar surface area (TPSA) is 27.7 Å². The van der Waals surface area contributed by atoms with Gasteiger partial charge in [0, 0.05) is 23.5 Å². The van der Waals surface area contributed by atoms with Gasteiger partial charge in [0.05, 0.1) is 0 Å². The Bertz CT molecular complexity index is 1280. The van der Waals surface area contributed by atoms with Gasteiger partial charge in [0.1, 0.15) is 0 Å². The first-order valence-electron chi connectivity index (χ1n) is 14.3. The van der Waals surface area contributed by atoms with E-state index in [0.29, 0.717) is 18.1 Å². The third kappa shape index (κ3) is 8.40. The van der Waals surface area contributed by atoms with E-state index in [1.165, 1.54) is 51.9 Å². The number of benzene rings is 5. The average Bonchev–Trinajstić information content (AvgIpc) is 3.07. The number of rotatable bonds is 16. The molecule has 0 N–H and O–H groups in total. The summed E-state index contributed by atoms with van der Waals surface area (Å²) in [6.07, 6.45) is 1.68. The maximum atomic E-state index is 6.23. The molecule has 0 aliphatic rings. The van der Waals surface area contributed by atoms with Crippen molar-refractivity contribution in [2.45, 2.75) is 29.8 Å². The van der Waals surface area contributed by atoms with E-state index in [-0.39, 0.29) is 5.41 Å². The first-order valence-corrected chi connectivity index (χ1v) is 16.1. The highest BCUT2D eigenvalue weighted by molar-refractivity contribution is 7.95. The van der Waals surface area contributed by atoms with Crippen molar-refractivity contribution in [3.63, 3.8) is 0 Å². The Labute approximate surface area is 259 Å². The molecule has 0 saturated heterocycles. The van der Waals surface area contributed by atoms with Crippen molar-refractivity contribution < 1.29 is 12.9 Å². The van der Waals surface area contributed by atoms with Gasteiger partial charge in [-0.3, -0.25) is 0 Å². The highest BCUT2D eigenvalue weighted by Crippen LogP contribution is 2.43. The van der Waals surface area contributed by atoms with Crippen molar-refractivity contribution in [1.82, 2.24) is 0 Å². The van der Waals surface area contributed by atoms with Crippen LogP contribution in [0.4, 0.5) is 0 Å². The summed E-state index contributed by atoms with van der Waals surface area (Å²) in [6, 6.07) is 52.9. The van der Waals surface area contributed by atoms with Crippen LogP contribution in [0.5, 0.6) is 0 Å². The molecule has 0 bridgehead atoms. The molecule has 0 heterocycles. The van der Waals surface area contributed by atoms with Gasteiger partial charge in [-0.15, -0.1) is 0 Å². The summed E-state index contributed by atoms with van der Waals surface area (Å²) in [5, 5.41) is 0. The average molecular weight is 591 g/mol. The van der Waals surface area contributed by atoms with Crippen LogP contribution in [0.1, 0.15) is 40.7 Å². The van der Waals surface area contributed by atoms with Crippen molar-refractivity contribution in [1.29, 1.82) is 0 Å². The van der Waals surface area contributed by atoms with Crippen molar-refractivity contribution in [2.75, 3.05) is 6.61 Å². The molecule has 5 rings (SSSR count). The Hall–Kier alpha value is -3.26. The van der Waals surface area contributed by atoms with Gasteiger partial charge in [0.2, 0.25) is 0 Å². The summed E-state index contributed by atoms with van der Waals surface area (Å²) in [5.41, 5.74) is 5.87. The monoisotopic (exact) mass is 590 g/mol. The Morgan fingerprint density at radius 2 is 0.833 bits per heavy atom. The molecule has 0 radical (unpaired) electrons. The fraction of sp³-hybridized carbons (Fsp3) is 0.167. The van der Waals surface area contributed by atoms with Crippen LogP contribution in [0.15, 0.2) is 152 Å². The molecule has 212 valence electrons. The van der Waals surface area contributed by atoms with E-state index in [0.717, 1.165) is 12.8 Å². The van der Waals surface area contributed by atoms with Crippen molar-refractivity contribution in [3.05, 3.63) is 179 Å². The minimum Gasteiger partial charge on any atom is -0.385 e. The molecule has 0 aliphatic carbocycles. The van der Waals surface area contributed by atoms with Gasteiger partial charge in [-0.1, -0.05) is 152 Å². The van der Waals surface area contributed by atoms with Crippen LogP contribution in [-0.2, 0) is 29.8 Å². The summed E-state index contributed by atoms with van der Waals surface area (Å²) >= 11 is 2.70. The van der Waals surface area contributed by atoms with E-state index >= 15 is 0 Å². The van der Waals surface area contributed by atoms with Crippen LogP contribution in [0.25, 0.3) is 0 Å². The van der Waals surface area contributed by atoms with Gasteiger partial charge >= 0.3 is 7.32 Å². The lowest BCUT2D eigenvalue weighted by atomic mass is 9.67. The molecular weight excluding hydrogens is 555 g/mol. The molecule has 6 heteroatoms. The Morgan fingerprint density at radius 1 is 0.476 bits per heavy atom. The molecule has 0 atom stereocenters. The van der Waals surface area contributed by atoms with Gasteiger partial charge in [-0.05, 0) is 64.7 Å². The number of hydrogen-bond acceptors (Lipinski definition) is 5. The van der Waals surface area contributed by atoms with Gasteiger partial charge < -0.3 is 12.9 Å². The fourth-order valence-electron chi connectivity index (χ4n) is 5.15. The van der Waals surface area contributed by atoms with Crippen LogP contribution in [0, 0.1) is 0 Å². The van der Waals surface area contributed by atoms with Gasteiger partial charge in [-0.2, -0.15) is 0 Å². The van der Waals surface area contributed by atoms with Crippen molar-refractivity contribution >= 4 is 31.4 Å². The first kappa shape index (κ1) is 30.2. The van der Waals surface area contributed by atoms with E-state index in [9.17, 15) is 0 Å². The summed E-state index contributed by atoms with van der Waals surface area (Å²) in [6.45, 7) is 0.497. The molecular formula is C36H35BO3S2. The van der Waals surface area contributed by atoms with E-state index in [4.69, 9.17) is 12.9 Å². The van der Waals surface area contributed by atoms with Crippen LogP contribution in [0.2, 0.25) is 0 Å². The highest BCUT2D eigenvalue weighted by atomic mass is 32.2. The van der Waals surface area contributed by atoms with Gasteiger partial charge in [-0.25, -0.2) is 0 Å². The molecule has 42 heavy (non-hydrogen) atoms. The van der Waals surface area contributed by atoms with Crippen LogP contribution in [0.3, 0.4) is 0 Å². The normalized spacial score (nSPS) is 11.3. The predicted octanol–water partition coefficient (Wildman–Crippen LogP) is 9.53. The van der Waals surface area contributed by atoms with Crippen molar-refractivity contribution in [3.8, 4) is 0 Å². The second-order valence-electron chi connectivity index (χ2n) is 9.95. The summed E-state index contributed by atoms with van der Waals surface area (Å²) < 4.78 is 18.3. The van der Waals surface area contributed by atoms with E-state index in [1.807, 2.05) is 36.4 Å². The Morgan fingerprint density at radius 3 is 1.21 bits per heavy atom. The lowest BCUT2D eigenvalue weighted by Gasteiger charge is -2.36. The standard InChI is InChI=1S/C36H35BO3S2/c1-6-17-31(18-7-1)29-41-39-37(40-42-30-32-19-8-2-9-20-32)38-28-16-27-36(33-21-10-3-11-22-33,34-23-12-4-13-24-34)35-25-14-5-15-26-35/h1-15,17-26H,16,27-30H2. The van der Waals surface area contributed by atoms with Gasteiger partial charge in [0.15, 0.2) is 0 Å². The first-order chi connectivity index (χ1) is 20.8. The molecule has 0 aliphatic heterocycles. The minimum absolute atomic E-state index is 0.311. The quantitative estimate of drug-likeness (QED) is 0.0494. The van der Waals surface area contributed by atoms with Crippen molar-refractivity contribution in [2.24, 2.45) is 0 Å². The predicted molar refractivity (Wildman–Crippen MR) is 178 cm³/mol. The summed E-state index contributed by atoms with van der Waals surface area (Å²) in [4.78, 5) is 0. The van der Waals surface area contributed by atoms with E-state index in [2.05, 4.69) is 115 Å². The third-order valence-corrected chi connectivity index (χ3v) is 8.67. The molecule has 5 aromatic rings. The zero-order valence-electron chi connectivity index (χ0n) is 23.6. The zero-order valence-corrected chi connectivity index (χ0v) is 25.2. The molecule has 0 amide bonds. The lowest BCUT2D eigenvalue weighted by Crippen LogP contribution is -2.30. The maximum Gasteiger partial charge on any atom is 0.662 e. The second-order valence-corrected chi connectivity index (χ2v) is 11.4. The largest absolute Gasteiger partial charge is 0.662 e. The second kappa shape index (κ2) is 16.4. The summed E-state index contributed by atoms with van der Waals surface area (Å²) in [5.74, 6) is 1.43. The SMILES string of the molecule is c1ccc(CSOB(OCCCC(c2ccccc2)(c2ccccc2)c2ccccc2)OSCc2ccccc2)cc1. The molecule has 0 unspecified atom stereocenters. The molecule has 3 nitrogen and oxygen atoms in total. The smallest absolute Gasteiger partial charge is 0.385 e. The zero-order chi connectivity index (χ0) is 28.7. The Balaban J connectivity index is 1.28. The lowest BCUT2D eigenvalue weighted by molar-refractivity contribution is 0.212. The highest BCUT2D eigenvalue weighted by Gasteiger charge is 2.36. The third-order valence-electron chi connectivity index (χ3n) is 7.18. The van der Waals surface area contributed by atoms with Crippen LogP contribution >= 0.6 is 24.1 Å². The molecule has 0 saturated carbocycles. The van der Waals surface area contributed by atoms with Crippen LogP contribution in [-0.4, -0.2) is 13.9 Å². The minimum atomic E-state index is -0.785. The molecule has 0 aromatic heterocycles. The summed E-state index contributed by atoms with van der Waals surface area (Å²) in [7, 11) is -0.785. The van der Waals surface area contributed by atoms with E-state index < -0.39 is 7.32 Å². The molecule has 0 fully saturated rings. The van der Waals surface area contributed by atoms with Crippen LogP contribution < -0.4 is 0 Å². The Kier molecular flexibility index (Phi) is 11.8. The molecule has 0 spiro atoms. The molecule has 5 aromatic carbocycles.